The molecule has 9 heteroatoms. The van der Waals surface area contributed by atoms with E-state index in [-0.39, 0.29) is 11.6 Å². The molecule has 1 atom stereocenters. The van der Waals surface area contributed by atoms with Gasteiger partial charge in [-0.1, -0.05) is 41.9 Å². The van der Waals surface area contributed by atoms with E-state index >= 15 is 0 Å². The number of hydrogen-bond donors (Lipinski definition) is 1. The monoisotopic (exact) mass is 409 g/mol. The van der Waals surface area contributed by atoms with E-state index < -0.39 is 18.1 Å². The second-order valence-electron chi connectivity index (χ2n) is 6.25. The Morgan fingerprint density at radius 3 is 2.62 bits per heavy atom. The molecule has 8 nitrogen and oxygen atoms in total. The largest absolute Gasteiger partial charge is 0.432 e. The Bertz CT molecular complexity index is 1140. The van der Waals surface area contributed by atoms with Crippen LogP contribution in [0.15, 0.2) is 53.5 Å². The van der Waals surface area contributed by atoms with Crippen LogP contribution < -0.4 is 5.32 Å². The van der Waals surface area contributed by atoms with E-state index in [1.54, 1.807) is 18.2 Å². The van der Waals surface area contributed by atoms with Gasteiger partial charge in [0.25, 0.3) is 12.1 Å². The first-order valence-electron chi connectivity index (χ1n) is 8.77. The number of nitrogens with one attached hydrogen (secondary N) is 1. The van der Waals surface area contributed by atoms with Crippen molar-refractivity contribution in [3.05, 3.63) is 76.3 Å². The van der Waals surface area contributed by atoms with Gasteiger partial charge in [-0.25, -0.2) is 14.7 Å². The maximum Gasteiger partial charge on any atom is 0.304 e. The summed E-state index contributed by atoms with van der Waals surface area (Å²) in [6, 6.07) is 14.7. The smallest absolute Gasteiger partial charge is 0.304 e. The molecule has 0 radical (unpaired) electrons. The van der Waals surface area contributed by atoms with Crippen LogP contribution in [-0.4, -0.2) is 39.4 Å². The van der Waals surface area contributed by atoms with Crippen molar-refractivity contribution in [1.82, 2.24) is 20.1 Å². The lowest BCUT2D eigenvalue weighted by Gasteiger charge is -2.11. The molecule has 29 heavy (non-hydrogen) atoms. The van der Waals surface area contributed by atoms with Crippen LogP contribution in [0.5, 0.6) is 0 Å². The molecule has 1 aliphatic heterocycles. The number of hydrogen-bond acceptors (Lipinski definition) is 6. The van der Waals surface area contributed by atoms with Crippen molar-refractivity contribution in [2.45, 2.75) is 13.2 Å². The first-order valence-corrected chi connectivity index (χ1v) is 9.15. The third-order valence-corrected chi connectivity index (χ3v) is 4.53. The molecule has 0 saturated heterocycles. The quantitative estimate of drug-likeness (QED) is 0.670. The summed E-state index contributed by atoms with van der Waals surface area (Å²) >= 11 is 6.26. The van der Waals surface area contributed by atoms with E-state index in [0.717, 1.165) is 5.56 Å². The molecule has 0 fully saturated rings. The number of halogens is 1. The molecule has 4 rings (SSSR count). The van der Waals surface area contributed by atoms with Crippen LogP contribution in [0.4, 0.5) is 0 Å². The first kappa shape index (κ1) is 18.8. The van der Waals surface area contributed by atoms with Crippen molar-refractivity contribution in [1.29, 1.82) is 0 Å². The molecule has 0 saturated carbocycles. The maximum absolute atomic E-state index is 12.1. The fraction of sp³-hybridized carbons (Fsp3) is 0.150. The van der Waals surface area contributed by atoms with Gasteiger partial charge in [-0.05, 0) is 18.2 Å². The number of benzene rings is 2. The highest BCUT2D eigenvalue weighted by atomic mass is 35.5. The van der Waals surface area contributed by atoms with Gasteiger partial charge in [0.2, 0.25) is 5.82 Å². The minimum atomic E-state index is -1.08. The first-order chi connectivity index (χ1) is 14.0. The van der Waals surface area contributed by atoms with Gasteiger partial charge in [-0.15, -0.1) is 5.10 Å². The lowest BCUT2D eigenvalue weighted by atomic mass is 10.0. The van der Waals surface area contributed by atoms with Crippen molar-refractivity contribution in [2.24, 2.45) is 4.99 Å². The van der Waals surface area contributed by atoms with E-state index in [4.69, 9.17) is 16.3 Å². The van der Waals surface area contributed by atoms with Crippen LogP contribution in [0.1, 0.15) is 40.7 Å². The molecule has 1 aromatic heterocycles. The number of amides is 1. The Morgan fingerprint density at radius 2 is 1.93 bits per heavy atom. The van der Waals surface area contributed by atoms with Gasteiger partial charge in [0.1, 0.15) is 0 Å². The van der Waals surface area contributed by atoms with Crippen LogP contribution in [0.2, 0.25) is 5.02 Å². The third kappa shape index (κ3) is 3.50. The molecule has 1 unspecified atom stereocenters. The van der Waals surface area contributed by atoms with Crippen LogP contribution in [0, 0.1) is 0 Å². The average Bonchev–Trinajstić information content (AvgIpc) is 3.11. The molecule has 0 bridgehead atoms. The Hall–Kier alpha value is -3.52. The molecule has 0 aliphatic carbocycles. The molecule has 146 valence electrons. The average molecular weight is 410 g/mol. The summed E-state index contributed by atoms with van der Waals surface area (Å²) in [6.45, 7) is 1.28. The van der Waals surface area contributed by atoms with Gasteiger partial charge in [0.05, 0.1) is 11.4 Å². The van der Waals surface area contributed by atoms with E-state index in [0.29, 0.717) is 22.0 Å². The van der Waals surface area contributed by atoms with Gasteiger partial charge in [-0.3, -0.25) is 9.59 Å². The second-order valence-corrected chi connectivity index (χ2v) is 6.69. The molecule has 2 heterocycles. The summed E-state index contributed by atoms with van der Waals surface area (Å²) in [5.41, 5.74) is 2.67. The van der Waals surface area contributed by atoms with Crippen LogP contribution in [0.3, 0.4) is 0 Å². The summed E-state index contributed by atoms with van der Waals surface area (Å²) in [7, 11) is 1.48. The fourth-order valence-electron chi connectivity index (χ4n) is 3.06. The highest BCUT2D eigenvalue weighted by Gasteiger charge is 2.31. The number of aromatic nitrogens is 3. The van der Waals surface area contributed by atoms with Crippen LogP contribution >= 0.6 is 11.6 Å². The zero-order valence-electron chi connectivity index (χ0n) is 15.6. The number of rotatable bonds is 3. The Labute approximate surface area is 171 Å². The normalized spacial score (nSPS) is 14.9. The Morgan fingerprint density at radius 1 is 1.17 bits per heavy atom. The van der Waals surface area contributed by atoms with Crippen molar-refractivity contribution in [3.8, 4) is 5.69 Å². The van der Waals surface area contributed by atoms with Gasteiger partial charge < -0.3 is 10.1 Å². The predicted octanol–water partition coefficient (Wildman–Crippen LogP) is 2.69. The summed E-state index contributed by atoms with van der Waals surface area (Å²) in [5, 5.41) is 7.32. The van der Waals surface area contributed by atoms with Gasteiger partial charge in [0.15, 0.2) is 5.82 Å². The van der Waals surface area contributed by atoms with Gasteiger partial charge in [0, 0.05) is 30.1 Å². The van der Waals surface area contributed by atoms with Crippen molar-refractivity contribution < 1.29 is 14.3 Å². The standard InChI is InChI=1S/C20H16ClN5O3/c1-11(27)29-20-18-24-17(19(28)22-2)25-26(18)15-9-8-13(21)10-14(15)16(23-20)12-6-4-3-5-7-12/h3-10,20H,1-2H3,(H,22,28). The molecule has 2 aromatic carbocycles. The molecular formula is C20H16ClN5O3. The highest BCUT2D eigenvalue weighted by molar-refractivity contribution is 6.31. The number of aliphatic imine (C=N–C) groups is 1. The summed E-state index contributed by atoms with van der Waals surface area (Å²) < 4.78 is 6.88. The Kier molecular flexibility index (Phi) is 4.85. The lowest BCUT2D eigenvalue weighted by molar-refractivity contribution is -0.146. The van der Waals surface area contributed by atoms with Crippen molar-refractivity contribution >= 4 is 29.2 Å². The lowest BCUT2D eigenvalue weighted by Crippen LogP contribution is -2.20. The second kappa shape index (κ2) is 7.48. The summed E-state index contributed by atoms with van der Waals surface area (Å²) in [5.74, 6) is -0.840. The predicted molar refractivity (Wildman–Crippen MR) is 106 cm³/mol. The minimum absolute atomic E-state index is 0.0566. The number of carbonyl (C=O) groups excluding carboxylic acids is 2. The van der Waals surface area contributed by atoms with Crippen molar-refractivity contribution in [2.75, 3.05) is 7.05 Å². The Balaban J connectivity index is 2.01. The SMILES string of the molecule is CNC(=O)c1nc2n(n1)-c1ccc(Cl)cc1C(c1ccccc1)=NC2OC(C)=O. The maximum atomic E-state index is 12.1. The van der Waals surface area contributed by atoms with Crippen LogP contribution in [-0.2, 0) is 9.53 Å². The highest BCUT2D eigenvalue weighted by Crippen LogP contribution is 2.32. The molecule has 1 N–H and O–H groups in total. The summed E-state index contributed by atoms with van der Waals surface area (Å²) in [4.78, 5) is 32.8. The zero-order chi connectivity index (χ0) is 20.5. The van der Waals surface area contributed by atoms with Crippen molar-refractivity contribution in [3.63, 3.8) is 0 Å². The van der Waals surface area contributed by atoms with E-state index in [1.165, 1.54) is 18.7 Å². The van der Waals surface area contributed by atoms with E-state index in [1.807, 2.05) is 30.3 Å². The number of carbonyl (C=O) groups is 2. The number of fused-ring (bicyclic) bond motifs is 3. The van der Waals surface area contributed by atoms with Gasteiger partial charge >= 0.3 is 5.97 Å². The number of nitrogens with zero attached hydrogens (tertiary/aromatic N) is 4. The summed E-state index contributed by atoms with van der Waals surface area (Å²) in [6.07, 6.45) is -1.08. The molecule has 3 aromatic rings. The topological polar surface area (TPSA) is 98.5 Å². The fourth-order valence-corrected chi connectivity index (χ4v) is 3.23. The zero-order valence-corrected chi connectivity index (χ0v) is 16.3. The number of ether oxygens (including phenoxy) is 1. The third-order valence-electron chi connectivity index (χ3n) is 4.30. The number of esters is 1. The molecular weight excluding hydrogens is 394 g/mol. The van der Waals surface area contributed by atoms with E-state index in [9.17, 15) is 9.59 Å². The van der Waals surface area contributed by atoms with Gasteiger partial charge in [-0.2, -0.15) is 0 Å². The molecule has 0 spiro atoms. The van der Waals surface area contributed by atoms with Crippen LogP contribution in [0.25, 0.3) is 5.69 Å². The minimum Gasteiger partial charge on any atom is -0.432 e. The van der Waals surface area contributed by atoms with E-state index in [2.05, 4.69) is 20.4 Å². The molecule has 1 aliphatic rings. The molecule has 1 amide bonds.